The number of hydrogen-bond donors (Lipinski definition) is 2. The van der Waals surface area contributed by atoms with E-state index in [9.17, 15) is 19.2 Å². The van der Waals surface area contributed by atoms with E-state index in [0.717, 1.165) is 32.7 Å². The second-order valence-corrected chi connectivity index (χ2v) is 15.9. The Hall–Kier alpha value is -5.07. The molecule has 0 spiro atoms. The fraction of sp³-hybridized carbons (Fsp3) is 0.300. The number of aromatic nitrogens is 1. The average molecular weight is 734 g/mol. The Labute approximate surface area is 307 Å². The van der Waals surface area contributed by atoms with Crippen molar-refractivity contribution in [2.75, 3.05) is 30.5 Å². The van der Waals surface area contributed by atoms with Gasteiger partial charge in [0.2, 0.25) is 11.8 Å². The molecular formula is C40H35N3O7S2. The maximum atomic E-state index is 14.1. The third-order valence-corrected chi connectivity index (χ3v) is 13.7. The number of ether oxygens (including phenoxy) is 3. The largest absolute Gasteiger partial charge is 0.497 e. The van der Waals surface area contributed by atoms with Gasteiger partial charge in [-0.25, -0.2) is 0 Å². The number of nitrogens with zero attached hydrogens (tertiary/aromatic N) is 1. The lowest BCUT2D eigenvalue weighted by molar-refractivity contribution is -0.123. The first kappa shape index (κ1) is 32.8. The zero-order chi connectivity index (χ0) is 35.7. The topological polar surface area (TPSA) is 127 Å². The maximum Gasteiger partial charge on any atom is 0.305 e. The molecule has 4 aromatic carbocycles. The molecule has 3 amide bonds. The summed E-state index contributed by atoms with van der Waals surface area (Å²) in [4.78, 5) is 59.2. The number of H-pyrrole nitrogens is 1. The number of thioether (sulfide) groups is 1. The smallest absolute Gasteiger partial charge is 0.305 e. The monoisotopic (exact) mass is 733 g/mol. The van der Waals surface area contributed by atoms with Gasteiger partial charge in [-0.1, -0.05) is 53.8 Å². The molecule has 4 unspecified atom stereocenters. The number of imide groups is 1. The number of methoxy groups -OCH3 is 1. The second-order valence-electron chi connectivity index (χ2n) is 13.7. The summed E-state index contributed by atoms with van der Waals surface area (Å²) >= 11 is 2.86. The zero-order valence-electron chi connectivity index (χ0n) is 28.4. The summed E-state index contributed by atoms with van der Waals surface area (Å²) in [6, 6.07) is 26.4. The van der Waals surface area contributed by atoms with Crippen LogP contribution in [0.4, 0.5) is 11.4 Å². The van der Waals surface area contributed by atoms with E-state index in [1.807, 2.05) is 67.6 Å². The van der Waals surface area contributed by atoms with Gasteiger partial charge >= 0.3 is 4.87 Å². The molecule has 1 saturated heterocycles. The average Bonchev–Trinajstić information content (AvgIpc) is 3.90. The van der Waals surface area contributed by atoms with E-state index in [1.54, 1.807) is 43.1 Å². The minimum Gasteiger partial charge on any atom is -0.497 e. The lowest BCUT2D eigenvalue weighted by atomic mass is 9.68. The molecule has 3 heterocycles. The Bertz CT molecular complexity index is 2300. The number of anilines is 2. The van der Waals surface area contributed by atoms with Crippen molar-refractivity contribution in [3.63, 3.8) is 0 Å². The van der Waals surface area contributed by atoms with Gasteiger partial charge in [-0.2, -0.15) is 0 Å². The molecule has 52 heavy (non-hydrogen) atoms. The maximum absolute atomic E-state index is 14.1. The minimum atomic E-state index is -0.421. The van der Waals surface area contributed by atoms with Crippen LogP contribution in [0.3, 0.4) is 0 Å². The van der Waals surface area contributed by atoms with Crippen LogP contribution in [0.15, 0.2) is 94.7 Å². The van der Waals surface area contributed by atoms with E-state index in [4.69, 9.17) is 14.2 Å². The van der Waals surface area contributed by atoms with E-state index in [-0.39, 0.29) is 58.1 Å². The molecule has 9 rings (SSSR count). The molecule has 2 aliphatic heterocycles. The molecule has 2 aliphatic carbocycles. The molecular weight excluding hydrogens is 699 g/mol. The van der Waals surface area contributed by atoms with Crippen LogP contribution < -0.4 is 29.3 Å². The molecule has 5 aromatic rings. The number of aromatic amines is 1. The van der Waals surface area contributed by atoms with E-state index >= 15 is 0 Å². The predicted molar refractivity (Wildman–Crippen MR) is 200 cm³/mol. The molecule has 2 bridgehead atoms. The van der Waals surface area contributed by atoms with Gasteiger partial charge in [-0.15, -0.1) is 11.8 Å². The first-order chi connectivity index (χ1) is 25.3. The first-order valence-electron chi connectivity index (χ1n) is 17.4. The Balaban J connectivity index is 1.01. The molecule has 2 saturated carbocycles. The number of fused-ring (bicyclic) bond motifs is 10. The van der Waals surface area contributed by atoms with Crippen LogP contribution in [0.5, 0.6) is 17.2 Å². The van der Waals surface area contributed by atoms with Gasteiger partial charge < -0.3 is 24.5 Å². The van der Waals surface area contributed by atoms with Crippen LogP contribution in [-0.2, 0) is 14.4 Å². The van der Waals surface area contributed by atoms with Crippen LogP contribution in [0.1, 0.15) is 29.7 Å². The van der Waals surface area contributed by atoms with Crippen molar-refractivity contribution in [1.82, 2.24) is 4.98 Å². The highest BCUT2D eigenvalue weighted by molar-refractivity contribution is 8.00. The lowest BCUT2D eigenvalue weighted by Crippen LogP contribution is -2.42. The quantitative estimate of drug-likeness (QED) is 0.161. The molecule has 0 radical (unpaired) electrons. The summed E-state index contributed by atoms with van der Waals surface area (Å²) in [5, 5.41) is 5.81. The number of carbonyl (C=O) groups is 3. The van der Waals surface area contributed by atoms with Crippen LogP contribution >= 0.6 is 23.1 Å². The number of carbonyl (C=O) groups excluding carboxylic acids is 3. The van der Waals surface area contributed by atoms with Gasteiger partial charge in [0.05, 0.1) is 36.3 Å². The SMILES string of the molecule is CCOc1cc([C@H]2c3sc(=O)[nH]c3SC3C2[C@H]2C[C@@H]3C3C(=O)N(c4ccc(OC)cc4)C(=O)C32)ccc1OCC(=O)Nc1cccc2ccccc12. The van der Waals surface area contributed by atoms with Crippen molar-refractivity contribution in [1.29, 1.82) is 0 Å². The zero-order valence-corrected chi connectivity index (χ0v) is 30.0. The summed E-state index contributed by atoms with van der Waals surface area (Å²) in [6.45, 7) is 2.05. The summed E-state index contributed by atoms with van der Waals surface area (Å²) < 4.78 is 17.4. The highest BCUT2D eigenvalue weighted by atomic mass is 32.2. The van der Waals surface area contributed by atoms with Crippen molar-refractivity contribution in [3.05, 3.63) is 105 Å². The summed E-state index contributed by atoms with van der Waals surface area (Å²) in [6.07, 6.45) is 0.784. The van der Waals surface area contributed by atoms with Crippen LogP contribution in [-0.4, -0.2) is 48.3 Å². The minimum absolute atomic E-state index is 0.00188. The van der Waals surface area contributed by atoms with Gasteiger partial charge in [-0.3, -0.25) is 24.1 Å². The van der Waals surface area contributed by atoms with Gasteiger partial charge in [-0.05, 0) is 84.5 Å². The van der Waals surface area contributed by atoms with Crippen molar-refractivity contribution in [2.24, 2.45) is 29.6 Å². The molecule has 12 heteroatoms. The standard InChI is InChI=1S/C40H35N3O7S2/c1-3-49-29-17-21(11-16-28(29)50-19-30(44)41-27-10-6-8-20-7-4-5-9-24(20)27)31-32-25-18-26(35(32)51-37-36(31)52-40(47)42-37)34-33(25)38(45)43(39(34)46)22-12-14-23(48-2)15-13-22/h4-17,25-26,31-35H,3,18-19H2,1-2H3,(H,41,44)(H,42,47)/t25-,26-,31-,32?,33?,34?,35?/m1/s1. The molecule has 3 fully saturated rings. The van der Waals surface area contributed by atoms with Crippen LogP contribution in [0, 0.1) is 29.6 Å². The fourth-order valence-electron chi connectivity index (χ4n) is 9.15. The predicted octanol–water partition coefficient (Wildman–Crippen LogP) is 6.69. The lowest BCUT2D eigenvalue weighted by Gasteiger charge is -2.43. The number of benzene rings is 4. The van der Waals surface area contributed by atoms with E-state index in [1.165, 1.54) is 16.2 Å². The number of amides is 3. The van der Waals surface area contributed by atoms with Gasteiger partial charge in [0, 0.05) is 27.1 Å². The van der Waals surface area contributed by atoms with Crippen molar-refractivity contribution < 1.29 is 28.6 Å². The third kappa shape index (κ3) is 5.22. The van der Waals surface area contributed by atoms with Crippen molar-refractivity contribution in [2.45, 2.75) is 29.5 Å². The molecule has 7 atom stereocenters. The van der Waals surface area contributed by atoms with Crippen LogP contribution in [0.2, 0.25) is 0 Å². The molecule has 10 nitrogen and oxygen atoms in total. The molecule has 1 aromatic heterocycles. The van der Waals surface area contributed by atoms with E-state index < -0.39 is 11.8 Å². The fourth-order valence-corrected chi connectivity index (χ4v) is 12.0. The second kappa shape index (κ2) is 12.9. The molecule has 264 valence electrons. The first-order valence-corrected chi connectivity index (χ1v) is 19.1. The summed E-state index contributed by atoms with van der Waals surface area (Å²) in [7, 11) is 1.58. The number of nitrogens with one attached hydrogen (secondary N) is 2. The Morgan fingerprint density at radius 3 is 2.46 bits per heavy atom. The van der Waals surface area contributed by atoms with Gasteiger partial charge in [0.15, 0.2) is 18.1 Å². The normalized spacial score (nSPS) is 25.5. The van der Waals surface area contributed by atoms with Gasteiger partial charge in [0.1, 0.15) is 5.75 Å². The number of thiazole rings is 1. The third-order valence-electron chi connectivity index (χ3n) is 11.1. The Morgan fingerprint density at radius 1 is 0.904 bits per heavy atom. The number of hydrogen-bond acceptors (Lipinski definition) is 9. The van der Waals surface area contributed by atoms with Crippen LogP contribution in [0.25, 0.3) is 10.8 Å². The molecule has 4 aliphatic rings. The highest BCUT2D eigenvalue weighted by Crippen LogP contribution is 2.69. The Kier molecular flexibility index (Phi) is 8.11. The van der Waals surface area contributed by atoms with Gasteiger partial charge in [0.25, 0.3) is 5.91 Å². The number of rotatable bonds is 9. The highest BCUT2D eigenvalue weighted by Gasteiger charge is 2.69. The van der Waals surface area contributed by atoms with Crippen molar-refractivity contribution in [3.8, 4) is 17.2 Å². The summed E-state index contributed by atoms with van der Waals surface area (Å²) in [5.74, 6) is -0.0267. The van der Waals surface area contributed by atoms with E-state index in [0.29, 0.717) is 35.2 Å². The van der Waals surface area contributed by atoms with Crippen molar-refractivity contribution >= 4 is 63.0 Å². The Morgan fingerprint density at radius 2 is 1.67 bits per heavy atom. The van der Waals surface area contributed by atoms with E-state index in [2.05, 4.69) is 10.3 Å². The molecule has 2 N–H and O–H groups in total. The summed E-state index contributed by atoms with van der Waals surface area (Å²) in [5.41, 5.74) is 2.21.